The van der Waals surface area contributed by atoms with Gasteiger partial charge in [-0.05, 0) is 25.1 Å². The molecule has 0 spiro atoms. The van der Waals surface area contributed by atoms with Crippen LogP contribution in [0.1, 0.15) is 12.2 Å². The summed E-state index contributed by atoms with van der Waals surface area (Å²) in [6.07, 6.45) is 2.73. The van der Waals surface area contributed by atoms with E-state index in [0.717, 1.165) is 31.9 Å². The summed E-state index contributed by atoms with van der Waals surface area (Å²) in [5.74, 6) is 0.979. The van der Waals surface area contributed by atoms with E-state index in [0.29, 0.717) is 0 Å². The predicted molar refractivity (Wildman–Crippen MR) is 54.2 cm³/mol. The van der Waals surface area contributed by atoms with Gasteiger partial charge < -0.3 is 14.5 Å². The van der Waals surface area contributed by atoms with E-state index in [-0.39, 0.29) is 12.4 Å². The molecule has 0 bridgehead atoms. The van der Waals surface area contributed by atoms with Crippen LogP contribution in [-0.2, 0) is 11.3 Å². The fourth-order valence-electron chi connectivity index (χ4n) is 0.966. The molecule has 0 atom stereocenters. The van der Waals surface area contributed by atoms with Gasteiger partial charge in [0.2, 0.25) is 0 Å². The van der Waals surface area contributed by atoms with Crippen LogP contribution < -0.4 is 5.32 Å². The predicted octanol–water partition coefficient (Wildman–Crippen LogP) is 1.83. The third-order valence-corrected chi connectivity index (χ3v) is 1.58. The SMILES string of the molecule is COCCCNCc1ccco1.Cl. The van der Waals surface area contributed by atoms with Gasteiger partial charge in [-0.3, -0.25) is 0 Å². The van der Waals surface area contributed by atoms with E-state index >= 15 is 0 Å². The van der Waals surface area contributed by atoms with Gasteiger partial charge in [0, 0.05) is 13.7 Å². The molecule has 1 N–H and O–H groups in total. The Morgan fingerprint density at radius 3 is 3.00 bits per heavy atom. The number of halogens is 1. The Morgan fingerprint density at radius 1 is 1.54 bits per heavy atom. The zero-order chi connectivity index (χ0) is 8.65. The smallest absolute Gasteiger partial charge is 0.117 e. The van der Waals surface area contributed by atoms with Crippen LogP contribution in [0, 0.1) is 0 Å². The number of nitrogens with one attached hydrogen (secondary N) is 1. The zero-order valence-corrected chi connectivity index (χ0v) is 8.60. The molecule has 1 heterocycles. The van der Waals surface area contributed by atoms with Crippen molar-refractivity contribution < 1.29 is 9.15 Å². The van der Waals surface area contributed by atoms with Crippen molar-refractivity contribution in [3.05, 3.63) is 24.2 Å². The van der Waals surface area contributed by atoms with Crippen LogP contribution in [0.15, 0.2) is 22.8 Å². The lowest BCUT2D eigenvalue weighted by molar-refractivity contribution is 0.194. The number of ether oxygens (including phenoxy) is 1. The molecule has 0 aromatic carbocycles. The second-order valence-corrected chi connectivity index (χ2v) is 2.60. The van der Waals surface area contributed by atoms with Crippen LogP contribution >= 0.6 is 12.4 Å². The van der Waals surface area contributed by atoms with Gasteiger partial charge in [0.25, 0.3) is 0 Å². The van der Waals surface area contributed by atoms with Crippen LogP contribution in [0.3, 0.4) is 0 Å². The first-order valence-electron chi connectivity index (χ1n) is 4.15. The minimum absolute atomic E-state index is 0. The molecular formula is C9H16ClNO2. The van der Waals surface area contributed by atoms with Gasteiger partial charge >= 0.3 is 0 Å². The Morgan fingerprint density at radius 2 is 2.38 bits per heavy atom. The highest BCUT2D eigenvalue weighted by Gasteiger charge is 1.92. The summed E-state index contributed by atoms with van der Waals surface area (Å²) >= 11 is 0. The maximum absolute atomic E-state index is 5.15. The van der Waals surface area contributed by atoms with Gasteiger partial charge in [-0.1, -0.05) is 0 Å². The lowest BCUT2D eigenvalue weighted by atomic mass is 10.4. The van der Waals surface area contributed by atoms with Gasteiger partial charge in [-0.2, -0.15) is 0 Å². The first-order chi connectivity index (χ1) is 5.93. The topological polar surface area (TPSA) is 34.4 Å². The molecular weight excluding hydrogens is 190 g/mol. The van der Waals surface area contributed by atoms with Crippen molar-refractivity contribution in [1.29, 1.82) is 0 Å². The van der Waals surface area contributed by atoms with Crippen LogP contribution in [0.25, 0.3) is 0 Å². The van der Waals surface area contributed by atoms with Gasteiger partial charge in [0.05, 0.1) is 12.8 Å². The molecule has 1 aromatic rings. The first kappa shape index (κ1) is 12.5. The zero-order valence-electron chi connectivity index (χ0n) is 7.79. The lowest BCUT2D eigenvalue weighted by Gasteiger charge is -2.00. The molecule has 1 aromatic heterocycles. The van der Waals surface area contributed by atoms with Crippen molar-refractivity contribution in [3.8, 4) is 0 Å². The Hall–Kier alpha value is -0.510. The second kappa shape index (κ2) is 8.10. The van der Waals surface area contributed by atoms with E-state index < -0.39 is 0 Å². The highest BCUT2D eigenvalue weighted by Crippen LogP contribution is 1.97. The van der Waals surface area contributed by atoms with Gasteiger partial charge in [-0.15, -0.1) is 12.4 Å². The van der Waals surface area contributed by atoms with Crippen LogP contribution in [0.4, 0.5) is 0 Å². The average Bonchev–Trinajstić information content (AvgIpc) is 2.57. The minimum atomic E-state index is 0. The van der Waals surface area contributed by atoms with Crippen molar-refractivity contribution in [2.24, 2.45) is 0 Å². The van der Waals surface area contributed by atoms with Crippen LogP contribution in [0.5, 0.6) is 0 Å². The van der Waals surface area contributed by atoms with Crippen molar-refractivity contribution >= 4 is 12.4 Å². The summed E-state index contributed by atoms with van der Waals surface area (Å²) in [6.45, 7) is 2.58. The number of methoxy groups -OCH3 is 1. The van der Waals surface area contributed by atoms with Crippen molar-refractivity contribution in [2.45, 2.75) is 13.0 Å². The van der Waals surface area contributed by atoms with Crippen molar-refractivity contribution in [3.63, 3.8) is 0 Å². The number of rotatable bonds is 6. The monoisotopic (exact) mass is 205 g/mol. The van der Waals surface area contributed by atoms with Crippen LogP contribution in [-0.4, -0.2) is 20.3 Å². The number of hydrogen-bond donors (Lipinski definition) is 1. The third kappa shape index (κ3) is 5.69. The standard InChI is InChI=1S/C9H15NO2.ClH/c1-11-6-3-5-10-8-9-4-2-7-12-9;/h2,4,7,10H,3,5-6,8H2,1H3;1H. The summed E-state index contributed by atoms with van der Waals surface area (Å²) in [7, 11) is 1.71. The third-order valence-electron chi connectivity index (χ3n) is 1.58. The molecule has 0 saturated heterocycles. The van der Waals surface area contributed by atoms with E-state index in [2.05, 4.69) is 5.32 Å². The van der Waals surface area contributed by atoms with Crippen molar-refractivity contribution in [2.75, 3.05) is 20.3 Å². The summed E-state index contributed by atoms with van der Waals surface area (Å²) in [5.41, 5.74) is 0. The molecule has 0 aliphatic rings. The maximum Gasteiger partial charge on any atom is 0.117 e. The van der Waals surface area contributed by atoms with Crippen LogP contribution in [0.2, 0.25) is 0 Å². The molecule has 0 aliphatic carbocycles. The molecule has 1 rings (SSSR count). The quantitative estimate of drug-likeness (QED) is 0.720. The van der Waals surface area contributed by atoms with Gasteiger partial charge in [-0.25, -0.2) is 0 Å². The molecule has 13 heavy (non-hydrogen) atoms. The summed E-state index contributed by atoms with van der Waals surface area (Å²) in [5, 5.41) is 3.25. The molecule has 0 amide bonds. The summed E-state index contributed by atoms with van der Waals surface area (Å²) in [6, 6.07) is 3.86. The summed E-state index contributed by atoms with van der Waals surface area (Å²) < 4.78 is 10.1. The second-order valence-electron chi connectivity index (χ2n) is 2.60. The maximum atomic E-state index is 5.15. The highest BCUT2D eigenvalue weighted by molar-refractivity contribution is 5.85. The summed E-state index contributed by atoms with van der Waals surface area (Å²) in [4.78, 5) is 0. The van der Waals surface area contributed by atoms with E-state index in [9.17, 15) is 0 Å². The molecule has 3 nitrogen and oxygen atoms in total. The average molecular weight is 206 g/mol. The van der Waals surface area contributed by atoms with Gasteiger partial charge in [0.1, 0.15) is 5.76 Å². The molecule has 0 unspecified atom stereocenters. The Labute approximate surface area is 84.9 Å². The van der Waals surface area contributed by atoms with E-state index in [1.54, 1.807) is 13.4 Å². The van der Waals surface area contributed by atoms with E-state index in [1.165, 1.54) is 0 Å². The van der Waals surface area contributed by atoms with E-state index in [4.69, 9.17) is 9.15 Å². The Kier molecular flexibility index (Phi) is 7.79. The Balaban J connectivity index is 0.00000144. The largest absolute Gasteiger partial charge is 0.468 e. The highest BCUT2D eigenvalue weighted by atomic mass is 35.5. The molecule has 0 radical (unpaired) electrons. The van der Waals surface area contributed by atoms with Gasteiger partial charge in [0.15, 0.2) is 0 Å². The molecule has 0 saturated carbocycles. The molecule has 4 heteroatoms. The molecule has 0 aliphatic heterocycles. The minimum Gasteiger partial charge on any atom is -0.468 e. The number of furan rings is 1. The molecule has 76 valence electrons. The lowest BCUT2D eigenvalue weighted by Crippen LogP contribution is -2.15. The van der Waals surface area contributed by atoms with E-state index in [1.807, 2.05) is 12.1 Å². The molecule has 0 fully saturated rings. The van der Waals surface area contributed by atoms with Crippen molar-refractivity contribution in [1.82, 2.24) is 5.32 Å². The normalized spacial score (nSPS) is 9.62. The first-order valence-corrected chi connectivity index (χ1v) is 4.15. The fourth-order valence-corrected chi connectivity index (χ4v) is 0.966. The Bertz CT molecular complexity index is 190. The fraction of sp³-hybridized carbons (Fsp3) is 0.556. The number of hydrogen-bond acceptors (Lipinski definition) is 3.